The largest absolute Gasteiger partial charge is 0.371 e. The van der Waals surface area contributed by atoms with Crippen LogP contribution in [0.4, 0.5) is 0 Å². The molecule has 1 aromatic rings. The molecule has 0 unspecified atom stereocenters. The predicted octanol–water partition coefficient (Wildman–Crippen LogP) is 5.69. The van der Waals surface area contributed by atoms with Crippen LogP contribution in [-0.2, 0) is 11.3 Å². The molecular weight excluding hydrogens is 282 g/mol. The molecule has 1 saturated heterocycles. The molecule has 0 spiro atoms. The fourth-order valence-electron chi connectivity index (χ4n) is 2.07. The van der Waals surface area contributed by atoms with Gasteiger partial charge in [0.1, 0.15) is 0 Å². The van der Waals surface area contributed by atoms with Crippen LogP contribution in [0.5, 0.6) is 0 Å². The van der Waals surface area contributed by atoms with E-state index in [2.05, 4.69) is 63.6 Å². The second-order valence-electron chi connectivity index (χ2n) is 6.44. The van der Waals surface area contributed by atoms with E-state index in [1.165, 1.54) is 18.4 Å². The van der Waals surface area contributed by atoms with Gasteiger partial charge in [0.25, 0.3) is 0 Å². The Morgan fingerprint density at radius 2 is 1.61 bits per heavy atom. The van der Waals surface area contributed by atoms with E-state index >= 15 is 0 Å². The number of unbranched alkanes of at least 4 members (excludes halogenated alkanes) is 1. The first-order valence-corrected chi connectivity index (χ1v) is 8.94. The quantitative estimate of drug-likeness (QED) is 0.661. The molecule has 1 fully saturated rings. The average Bonchev–Trinajstić information content (AvgIpc) is 2.58. The summed E-state index contributed by atoms with van der Waals surface area (Å²) in [6, 6.07) is 10.4. The summed E-state index contributed by atoms with van der Waals surface area (Å²) in [6.07, 6.45) is 6.66. The van der Waals surface area contributed by atoms with E-state index < -0.39 is 0 Å². The Balaban J connectivity index is 0.000000591. The van der Waals surface area contributed by atoms with Gasteiger partial charge in [-0.3, -0.25) is 0 Å². The Bertz CT molecular complexity index is 378. The summed E-state index contributed by atoms with van der Waals surface area (Å²) in [6.45, 7) is 14.9. The fraction of sp³-hybridized carbons (Fsp3) is 0.619. The zero-order valence-corrected chi connectivity index (χ0v) is 16.0. The zero-order valence-electron chi connectivity index (χ0n) is 16.0. The normalized spacial score (nSPS) is 16.4. The van der Waals surface area contributed by atoms with Crippen molar-refractivity contribution in [3.63, 3.8) is 0 Å². The van der Waals surface area contributed by atoms with Crippen molar-refractivity contribution < 1.29 is 4.74 Å². The molecule has 2 nitrogen and oxygen atoms in total. The molecule has 0 bridgehead atoms. The molecule has 0 saturated carbocycles. The van der Waals surface area contributed by atoms with Gasteiger partial charge in [-0.2, -0.15) is 0 Å². The first-order valence-electron chi connectivity index (χ1n) is 8.94. The molecule has 2 rings (SSSR count). The molecule has 0 aromatic heterocycles. The van der Waals surface area contributed by atoms with Crippen molar-refractivity contribution in [1.82, 2.24) is 4.90 Å². The number of ether oxygens (including phenoxy) is 1. The Kier molecular flexibility index (Phi) is 12.7. The summed E-state index contributed by atoms with van der Waals surface area (Å²) in [7, 11) is 2.18. The van der Waals surface area contributed by atoms with Crippen molar-refractivity contribution in [2.75, 3.05) is 20.1 Å². The summed E-state index contributed by atoms with van der Waals surface area (Å²) in [5.41, 5.74) is 1.34. The van der Waals surface area contributed by atoms with Gasteiger partial charge in [-0.05, 0) is 39.3 Å². The first-order chi connectivity index (χ1) is 11.0. The molecular formula is C21H37NO. The smallest absolute Gasteiger partial charge is 0.0724 e. The number of hydrogen-bond acceptors (Lipinski definition) is 2. The molecule has 1 heterocycles. The molecule has 1 aliphatic heterocycles. The molecule has 1 aromatic carbocycles. The van der Waals surface area contributed by atoms with Gasteiger partial charge < -0.3 is 9.64 Å². The minimum atomic E-state index is 0.0718. The fourth-order valence-corrected chi connectivity index (χ4v) is 2.07. The predicted molar refractivity (Wildman–Crippen MR) is 103 cm³/mol. The van der Waals surface area contributed by atoms with E-state index in [4.69, 9.17) is 4.74 Å². The van der Waals surface area contributed by atoms with Gasteiger partial charge in [0.05, 0.1) is 12.2 Å². The van der Waals surface area contributed by atoms with Gasteiger partial charge in [-0.15, -0.1) is 6.58 Å². The zero-order chi connectivity index (χ0) is 17.6. The number of rotatable bonds is 4. The summed E-state index contributed by atoms with van der Waals surface area (Å²) in [4.78, 5) is 2.37. The van der Waals surface area contributed by atoms with Crippen molar-refractivity contribution in [2.24, 2.45) is 0 Å². The van der Waals surface area contributed by atoms with Gasteiger partial charge in [-0.1, -0.05) is 63.1 Å². The van der Waals surface area contributed by atoms with Gasteiger partial charge in [0.15, 0.2) is 0 Å². The van der Waals surface area contributed by atoms with E-state index in [1.54, 1.807) is 6.08 Å². The minimum absolute atomic E-state index is 0.0718. The van der Waals surface area contributed by atoms with E-state index in [-0.39, 0.29) is 5.60 Å². The number of allylic oxidation sites excluding steroid dienone is 1. The van der Waals surface area contributed by atoms with Crippen LogP contribution in [0.3, 0.4) is 0 Å². The second kappa shape index (κ2) is 13.3. The molecule has 0 amide bonds. The molecule has 0 radical (unpaired) electrons. The van der Waals surface area contributed by atoms with Crippen LogP contribution < -0.4 is 0 Å². The number of benzene rings is 1. The van der Waals surface area contributed by atoms with E-state index in [0.29, 0.717) is 0 Å². The van der Waals surface area contributed by atoms with E-state index in [1.807, 2.05) is 13.0 Å². The molecule has 132 valence electrons. The lowest BCUT2D eigenvalue weighted by Crippen LogP contribution is -2.42. The molecule has 2 heteroatoms. The number of hydrogen-bond donors (Lipinski definition) is 0. The van der Waals surface area contributed by atoms with Crippen LogP contribution >= 0.6 is 0 Å². The Morgan fingerprint density at radius 1 is 1.13 bits per heavy atom. The van der Waals surface area contributed by atoms with Gasteiger partial charge in [0.2, 0.25) is 0 Å². The van der Waals surface area contributed by atoms with Gasteiger partial charge >= 0.3 is 0 Å². The minimum Gasteiger partial charge on any atom is -0.371 e. The Hall–Kier alpha value is -1.12. The summed E-state index contributed by atoms with van der Waals surface area (Å²) >= 11 is 0. The van der Waals surface area contributed by atoms with Crippen molar-refractivity contribution in [3.05, 3.63) is 48.6 Å². The standard InChI is InChI=1S/C14H21NO.C4H10.C3H6/c1-14(8-10-15(2)11-9-14)16-12-13-6-4-3-5-7-13;1-3-4-2;1-3-2/h3-7H,8-12H2,1-2H3;3-4H2,1-2H3;3H,1H2,2H3. The highest BCUT2D eigenvalue weighted by Crippen LogP contribution is 2.26. The van der Waals surface area contributed by atoms with Crippen molar-refractivity contribution in [3.8, 4) is 0 Å². The van der Waals surface area contributed by atoms with Crippen LogP contribution in [0.15, 0.2) is 43.0 Å². The van der Waals surface area contributed by atoms with Crippen LogP contribution in [0.25, 0.3) is 0 Å². The van der Waals surface area contributed by atoms with Crippen LogP contribution in [0.1, 0.15) is 58.9 Å². The van der Waals surface area contributed by atoms with Crippen LogP contribution in [0, 0.1) is 0 Å². The molecule has 0 aliphatic carbocycles. The summed E-state index contributed by atoms with van der Waals surface area (Å²) < 4.78 is 6.08. The maximum Gasteiger partial charge on any atom is 0.0724 e. The lowest BCUT2D eigenvalue weighted by molar-refractivity contribution is -0.0774. The maximum absolute atomic E-state index is 6.08. The van der Waals surface area contributed by atoms with Gasteiger partial charge in [0, 0.05) is 13.1 Å². The van der Waals surface area contributed by atoms with E-state index in [9.17, 15) is 0 Å². The van der Waals surface area contributed by atoms with Crippen molar-refractivity contribution in [1.29, 1.82) is 0 Å². The highest BCUT2D eigenvalue weighted by molar-refractivity contribution is 5.13. The topological polar surface area (TPSA) is 12.5 Å². The lowest BCUT2D eigenvalue weighted by atomic mass is 9.93. The Morgan fingerprint density at radius 3 is 2.04 bits per heavy atom. The third-order valence-electron chi connectivity index (χ3n) is 3.97. The Labute approximate surface area is 144 Å². The maximum atomic E-state index is 6.08. The molecule has 1 aliphatic rings. The molecule has 0 N–H and O–H groups in total. The van der Waals surface area contributed by atoms with Crippen molar-refractivity contribution >= 4 is 0 Å². The molecule has 0 atom stereocenters. The summed E-state index contributed by atoms with van der Waals surface area (Å²) in [5.74, 6) is 0. The third kappa shape index (κ3) is 11.1. The SMILES string of the molecule is C=CC.CCCC.CN1CCC(C)(OCc2ccccc2)CC1. The number of nitrogens with zero attached hydrogens (tertiary/aromatic N) is 1. The number of likely N-dealkylation sites (tertiary alicyclic amines) is 1. The lowest BCUT2D eigenvalue weighted by Gasteiger charge is -2.37. The highest BCUT2D eigenvalue weighted by Gasteiger charge is 2.29. The second-order valence-corrected chi connectivity index (χ2v) is 6.44. The molecule has 23 heavy (non-hydrogen) atoms. The van der Waals surface area contributed by atoms with Crippen LogP contribution in [-0.4, -0.2) is 30.6 Å². The average molecular weight is 320 g/mol. The van der Waals surface area contributed by atoms with Crippen molar-refractivity contribution in [2.45, 2.75) is 65.6 Å². The highest BCUT2D eigenvalue weighted by atomic mass is 16.5. The first kappa shape index (κ1) is 21.9. The van der Waals surface area contributed by atoms with Crippen LogP contribution in [0.2, 0.25) is 0 Å². The third-order valence-corrected chi connectivity index (χ3v) is 3.97. The monoisotopic (exact) mass is 319 g/mol. The van der Waals surface area contributed by atoms with E-state index in [0.717, 1.165) is 32.5 Å². The number of piperidine rings is 1. The van der Waals surface area contributed by atoms with Gasteiger partial charge in [-0.25, -0.2) is 0 Å². The summed E-state index contributed by atoms with van der Waals surface area (Å²) in [5, 5.41) is 0.